The number of hydrogen-bond donors (Lipinski definition) is 0. The Balaban J connectivity index is 1.32. The number of carbonyl (C=O) groups is 2. The maximum Gasteiger partial charge on any atom is 0.344 e. The summed E-state index contributed by atoms with van der Waals surface area (Å²) in [6.45, 7) is 7.42. The molecule has 4 rings (SSSR count). The first-order valence-corrected chi connectivity index (χ1v) is 10.1. The fourth-order valence-electron chi connectivity index (χ4n) is 4.06. The van der Waals surface area contributed by atoms with Crippen LogP contribution in [0.4, 0.5) is 0 Å². The molecule has 0 saturated heterocycles. The van der Waals surface area contributed by atoms with Crippen molar-refractivity contribution in [2.45, 2.75) is 58.6 Å². The molecule has 0 radical (unpaired) electrons. The standard InChI is InChI=1S/C23H27NO5/c1-14-10-18(15(2)24(14)17-8-9-17)19(25)12-28-21(26)13-27-20-7-5-6-16-11-23(3,4)29-22(16)20/h5-7,10,17H,8-9,11-13H2,1-4H3. The molecule has 0 atom stereocenters. The molecule has 1 fully saturated rings. The second-order valence-electron chi connectivity index (χ2n) is 8.54. The van der Waals surface area contributed by atoms with Gasteiger partial charge in [0.05, 0.1) is 0 Å². The van der Waals surface area contributed by atoms with Crippen LogP contribution in [0.2, 0.25) is 0 Å². The lowest BCUT2D eigenvalue weighted by Gasteiger charge is -2.18. The van der Waals surface area contributed by atoms with Crippen LogP contribution in [-0.2, 0) is 16.0 Å². The Hall–Kier alpha value is -2.76. The monoisotopic (exact) mass is 397 g/mol. The largest absolute Gasteiger partial charge is 0.483 e. The van der Waals surface area contributed by atoms with Crippen LogP contribution in [0.1, 0.15) is 60.0 Å². The Kier molecular flexibility index (Phi) is 4.89. The van der Waals surface area contributed by atoms with E-state index >= 15 is 0 Å². The molecule has 154 valence electrons. The maximum absolute atomic E-state index is 12.5. The van der Waals surface area contributed by atoms with Gasteiger partial charge in [-0.15, -0.1) is 0 Å². The molecule has 0 N–H and O–H groups in total. The Labute approximate surface area is 170 Å². The van der Waals surface area contributed by atoms with Crippen molar-refractivity contribution in [1.29, 1.82) is 0 Å². The van der Waals surface area contributed by atoms with Crippen molar-refractivity contribution >= 4 is 11.8 Å². The molecule has 2 heterocycles. The summed E-state index contributed by atoms with van der Waals surface area (Å²) >= 11 is 0. The number of esters is 1. The molecule has 0 unspecified atom stereocenters. The SMILES string of the molecule is Cc1cc(C(=O)COC(=O)COc2cccc3c2OC(C)(C)C3)c(C)n1C1CC1. The molecule has 1 aliphatic heterocycles. The number of ether oxygens (including phenoxy) is 3. The molecule has 2 aromatic rings. The number of aryl methyl sites for hydroxylation is 1. The quantitative estimate of drug-likeness (QED) is 0.523. The van der Waals surface area contributed by atoms with Crippen LogP contribution < -0.4 is 9.47 Å². The summed E-state index contributed by atoms with van der Waals surface area (Å²) in [7, 11) is 0. The lowest BCUT2D eigenvalue weighted by molar-refractivity contribution is -0.144. The van der Waals surface area contributed by atoms with E-state index in [2.05, 4.69) is 4.57 Å². The van der Waals surface area contributed by atoms with E-state index in [9.17, 15) is 9.59 Å². The predicted molar refractivity (Wildman–Crippen MR) is 108 cm³/mol. The molecular weight excluding hydrogens is 370 g/mol. The van der Waals surface area contributed by atoms with E-state index in [0.717, 1.165) is 36.2 Å². The maximum atomic E-state index is 12.5. The van der Waals surface area contributed by atoms with Gasteiger partial charge in [-0.2, -0.15) is 0 Å². The molecule has 6 nitrogen and oxygen atoms in total. The van der Waals surface area contributed by atoms with Crippen LogP contribution in [0.15, 0.2) is 24.3 Å². The van der Waals surface area contributed by atoms with Gasteiger partial charge in [0.2, 0.25) is 5.78 Å². The third-order valence-electron chi connectivity index (χ3n) is 5.46. The second kappa shape index (κ2) is 7.25. The molecule has 2 aliphatic rings. The number of para-hydroxylation sites is 1. The van der Waals surface area contributed by atoms with Crippen LogP contribution in [0, 0.1) is 13.8 Å². The molecule has 0 spiro atoms. The highest BCUT2D eigenvalue weighted by molar-refractivity contribution is 5.99. The summed E-state index contributed by atoms with van der Waals surface area (Å²) in [4.78, 5) is 24.6. The first kappa shape index (κ1) is 19.6. The van der Waals surface area contributed by atoms with Crippen LogP contribution in [-0.4, -0.2) is 35.1 Å². The number of aromatic nitrogens is 1. The highest BCUT2D eigenvalue weighted by Gasteiger charge is 2.32. The van der Waals surface area contributed by atoms with Crippen molar-refractivity contribution in [3.63, 3.8) is 0 Å². The average Bonchev–Trinajstić information content (AvgIpc) is 3.36. The Morgan fingerprint density at radius 1 is 1.21 bits per heavy atom. The number of Topliss-reactive ketones (excluding diaryl/α,β-unsaturated/α-hetero) is 1. The topological polar surface area (TPSA) is 66.8 Å². The Morgan fingerprint density at radius 2 is 1.97 bits per heavy atom. The van der Waals surface area contributed by atoms with E-state index in [1.54, 1.807) is 6.07 Å². The number of carbonyl (C=O) groups excluding carboxylic acids is 2. The zero-order valence-electron chi connectivity index (χ0n) is 17.4. The van der Waals surface area contributed by atoms with Crippen molar-refractivity contribution in [3.05, 3.63) is 46.8 Å². The van der Waals surface area contributed by atoms with Crippen molar-refractivity contribution < 1.29 is 23.8 Å². The van der Waals surface area contributed by atoms with Gasteiger partial charge in [-0.1, -0.05) is 12.1 Å². The van der Waals surface area contributed by atoms with Gasteiger partial charge >= 0.3 is 5.97 Å². The van der Waals surface area contributed by atoms with Gasteiger partial charge in [0, 0.05) is 35.0 Å². The summed E-state index contributed by atoms with van der Waals surface area (Å²) in [5, 5.41) is 0. The zero-order valence-corrected chi connectivity index (χ0v) is 17.4. The van der Waals surface area contributed by atoms with Gasteiger partial charge in [0.25, 0.3) is 0 Å². The lowest BCUT2D eigenvalue weighted by Crippen LogP contribution is -2.25. The minimum atomic E-state index is -0.579. The average molecular weight is 397 g/mol. The molecule has 1 aromatic carbocycles. The van der Waals surface area contributed by atoms with Crippen molar-refractivity contribution in [2.75, 3.05) is 13.2 Å². The van der Waals surface area contributed by atoms with E-state index in [1.807, 2.05) is 45.9 Å². The number of fused-ring (bicyclic) bond motifs is 1. The number of nitrogens with zero attached hydrogens (tertiary/aromatic N) is 1. The van der Waals surface area contributed by atoms with Gasteiger partial charge in [0.1, 0.15) is 5.60 Å². The zero-order chi connectivity index (χ0) is 20.8. The number of benzene rings is 1. The Bertz CT molecular complexity index is 968. The molecule has 29 heavy (non-hydrogen) atoms. The van der Waals surface area contributed by atoms with E-state index in [1.165, 1.54) is 0 Å². The highest BCUT2D eigenvalue weighted by Crippen LogP contribution is 2.41. The molecule has 6 heteroatoms. The summed E-state index contributed by atoms with van der Waals surface area (Å²) in [6.07, 6.45) is 3.10. The minimum absolute atomic E-state index is 0.191. The van der Waals surface area contributed by atoms with Crippen LogP contribution >= 0.6 is 0 Å². The Morgan fingerprint density at radius 3 is 2.69 bits per heavy atom. The molecule has 0 bridgehead atoms. The van der Waals surface area contributed by atoms with Gasteiger partial charge in [0.15, 0.2) is 24.7 Å². The third kappa shape index (κ3) is 4.02. The van der Waals surface area contributed by atoms with Crippen LogP contribution in [0.25, 0.3) is 0 Å². The first-order valence-electron chi connectivity index (χ1n) is 10.1. The van der Waals surface area contributed by atoms with E-state index in [0.29, 0.717) is 23.1 Å². The number of hydrogen-bond acceptors (Lipinski definition) is 5. The van der Waals surface area contributed by atoms with Crippen molar-refractivity contribution in [1.82, 2.24) is 4.57 Å². The van der Waals surface area contributed by atoms with E-state index in [-0.39, 0.29) is 24.6 Å². The molecule has 0 amide bonds. The van der Waals surface area contributed by atoms with Crippen LogP contribution in [0.5, 0.6) is 11.5 Å². The van der Waals surface area contributed by atoms with Gasteiger partial charge in [-0.3, -0.25) is 4.79 Å². The normalized spacial score (nSPS) is 16.8. The van der Waals surface area contributed by atoms with Gasteiger partial charge in [-0.05, 0) is 52.7 Å². The number of rotatable bonds is 7. The van der Waals surface area contributed by atoms with Crippen molar-refractivity contribution in [2.24, 2.45) is 0 Å². The fraction of sp³-hybridized carbons (Fsp3) is 0.478. The predicted octanol–water partition coefficient (Wildman–Crippen LogP) is 3.96. The highest BCUT2D eigenvalue weighted by atomic mass is 16.6. The molecule has 1 aromatic heterocycles. The fourth-order valence-corrected chi connectivity index (χ4v) is 4.06. The molecule has 1 saturated carbocycles. The minimum Gasteiger partial charge on any atom is -0.483 e. The second-order valence-corrected chi connectivity index (χ2v) is 8.54. The third-order valence-corrected chi connectivity index (χ3v) is 5.46. The summed E-state index contributed by atoms with van der Waals surface area (Å²) in [5.74, 6) is 0.423. The summed E-state index contributed by atoms with van der Waals surface area (Å²) in [5.41, 5.74) is 3.41. The number of ketones is 1. The lowest BCUT2D eigenvalue weighted by atomic mass is 10.0. The summed E-state index contributed by atoms with van der Waals surface area (Å²) < 4.78 is 18.9. The van der Waals surface area contributed by atoms with Crippen LogP contribution in [0.3, 0.4) is 0 Å². The van der Waals surface area contributed by atoms with E-state index in [4.69, 9.17) is 14.2 Å². The summed E-state index contributed by atoms with van der Waals surface area (Å²) in [6, 6.07) is 8.03. The van der Waals surface area contributed by atoms with Gasteiger partial charge < -0.3 is 18.8 Å². The van der Waals surface area contributed by atoms with Crippen molar-refractivity contribution in [3.8, 4) is 11.5 Å². The molecule has 1 aliphatic carbocycles. The smallest absolute Gasteiger partial charge is 0.344 e. The van der Waals surface area contributed by atoms with Gasteiger partial charge in [-0.25, -0.2) is 4.79 Å². The van der Waals surface area contributed by atoms with E-state index < -0.39 is 5.97 Å². The molecular formula is C23H27NO5. The first-order chi connectivity index (χ1) is 13.7.